The van der Waals surface area contributed by atoms with E-state index in [4.69, 9.17) is 46.4 Å². The van der Waals surface area contributed by atoms with Crippen molar-refractivity contribution in [2.75, 3.05) is 5.33 Å². The number of halogens is 5. The van der Waals surface area contributed by atoms with Crippen molar-refractivity contribution < 1.29 is 0 Å². The minimum atomic E-state index is -0.382. The lowest BCUT2D eigenvalue weighted by Crippen LogP contribution is -2.15. The average molecular weight is 341 g/mol. The Bertz CT molecular complexity index is 221. The molecular weight excluding hydrogens is 330 g/mol. The smallest absolute Gasteiger partial charge is 0.104 e. The zero-order valence-electron chi connectivity index (χ0n) is 7.61. The molecule has 0 aliphatic rings. The Morgan fingerprint density at radius 3 is 2.29 bits per heavy atom. The van der Waals surface area contributed by atoms with E-state index in [2.05, 4.69) is 15.9 Å². The summed E-state index contributed by atoms with van der Waals surface area (Å²) >= 11 is 26.4. The number of allylic oxidation sites excluding steroid dienone is 3. The molecule has 0 aromatic carbocycles. The summed E-state index contributed by atoms with van der Waals surface area (Å²) in [7, 11) is 0. The van der Waals surface area contributed by atoms with Gasteiger partial charge in [-0.15, -0.1) is 23.2 Å². The van der Waals surface area contributed by atoms with Gasteiger partial charge < -0.3 is 0 Å². The summed E-state index contributed by atoms with van der Waals surface area (Å²) in [5.74, 6) is 0. The van der Waals surface area contributed by atoms with Gasteiger partial charge in [0.2, 0.25) is 0 Å². The molecule has 0 rings (SSSR count). The molecule has 0 fully saturated rings. The van der Waals surface area contributed by atoms with Crippen molar-refractivity contribution in [2.45, 2.75) is 24.1 Å². The van der Waals surface area contributed by atoms with Crippen molar-refractivity contribution in [3.8, 4) is 0 Å². The summed E-state index contributed by atoms with van der Waals surface area (Å²) in [6.45, 7) is 2.03. The largest absolute Gasteiger partial charge is 0.116 e. The van der Waals surface area contributed by atoms with Crippen LogP contribution in [-0.2, 0) is 0 Å². The molecule has 0 heterocycles. The lowest BCUT2D eigenvalue weighted by molar-refractivity contribution is 0.919. The summed E-state index contributed by atoms with van der Waals surface area (Å²) in [6.07, 6.45) is 4.39. The van der Waals surface area contributed by atoms with E-state index < -0.39 is 0 Å². The Labute approximate surface area is 113 Å². The first kappa shape index (κ1) is 15.1. The Morgan fingerprint density at radius 2 is 1.93 bits per heavy atom. The molecule has 2 atom stereocenters. The van der Waals surface area contributed by atoms with E-state index in [-0.39, 0.29) is 15.2 Å². The second kappa shape index (κ2) is 8.29. The number of alkyl halides is 3. The van der Waals surface area contributed by atoms with Gasteiger partial charge in [-0.1, -0.05) is 57.7 Å². The fraction of sp³-hybridized carbons (Fsp3) is 0.556. The summed E-state index contributed by atoms with van der Waals surface area (Å²) in [5.41, 5.74) is 1.08. The van der Waals surface area contributed by atoms with E-state index in [1.165, 1.54) is 6.08 Å². The highest BCUT2D eigenvalue weighted by molar-refractivity contribution is 9.09. The van der Waals surface area contributed by atoms with E-state index in [0.717, 1.165) is 17.3 Å². The van der Waals surface area contributed by atoms with Crippen LogP contribution in [-0.4, -0.2) is 16.1 Å². The minimum absolute atomic E-state index is 0.143. The molecule has 0 aliphatic heterocycles. The normalized spacial score (nSPS) is 16.3. The molecule has 0 saturated heterocycles. The second-order valence-electron chi connectivity index (χ2n) is 2.59. The molecule has 0 radical (unpaired) electrons. The van der Waals surface area contributed by atoms with Crippen molar-refractivity contribution in [2.24, 2.45) is 0 Å². The predicted molar refractivity (Wildman–Crippen MR) is 71.2 cm³/mol. The molecule has 0 aliphatic carbocycles. The molecule has 0 aromatic heterocycles. The second-order valence-corrected chi connectivity index (χ2v) is 5.22. The fourth-order valence-corrected chi connectivity index (χ4v) is 2.38. The van der Waals surface area contributed by atoms with Crippen LogP contribution in [0.1, 0.15) is 13.3 Å². The molecule has 5 heteroatoms. The first-order valence-electron chi connectivity index (χ1n) is 4.08. The molecular formula is C9H11BrCl4. The van der Waals surface area contributed by atoms with E-state index in [9.17, 15) is 0 Å². The molecule has 0 N–H and O–H groups in total. The van der Waals surface area contributed by atoms with Crippen LogP contribution < -0.4 is 0 Å². The van der Waals surface area contributed by atoms with Crippen molar-refractivity contribution in [3.05, 3.63) is 22.2 Å². The van der Waals surface area contributed by atoms with Crippen molar-refractivity contribution >= 4 is 62.3 Å². The van der Waals surface area contributed by atoms with Crippen LogP contribution in [0.3, 0.4) is 0 Å². The maximum Gasteiger partial charge on any atom is 0.104 e. The first-order valence-corrected chi connectivity index (χ1v) is 6.83. The third kappa shape index (κ3) is 5.87. The van der Waals surface area contributed by atoms with Gasteiger partial charge >= 0.3 is 0 Å². The van der Waals surface area contributed by atoms with Gasteiger partial charge in [-0.25, -0.2) is 0 Å². The van der Waals surface area contributed by atoms with Crippen LogP contribution in [0.25, 0.3) is 0 Å². The molecule has 82 valence electrons. The number of hydrogen-bond donors (Lipinski definition) is 0. The third-order valence-electron chi connectivity index (χ3n) is 1.67. The van der Waals surface area contributed by atoms with Crippen LogP contribution in [0.15, 0.2) is 22.2 Å². The van der Waals surface area contributed by atoms with Gasteiger partial charge in [0.25, 0.3) is 0 Å². The van der Waals surface area contributed by atoms with E-state index in [0.29, 0.717) is 0 Å². The highest BCUT2D eigenvalue weighted by Gasteiger charge is 2.17. The zero-order chi connectivity index (χ0) is 11.1. The molecule has 14 heavy (non-hydrogen) atoms. The van der Waals surface area contributed by atoms with E-state index in [1.807, 2.05) is 13.0 Å². The van der Waals surface area contributed by atoms with Gasteiger partial charge in [-0.2, -0.15) is 0 Å². The van der Waals surface area contributed by atoms with Gasteiger partial charge in [-0.3, -0.25) is 0 Å². The topological polar surface area (TPSA) is 0 Å². The maximum absolute atomic E-state index is 6.14. The summed E-state index contributed by atoms with van der Waals surface area (Å²) in [5, 5.41) is 0.111. The number of hydrogen-bond acceptors (Lipinski definition) is 0. The number of rotatable bonds is 5. The lowest BCUT2D eigenvalue weighted by Gasteiger charge is -2.15. The van der Waals surface area contributed by atoms with Gasteiger partial charge in [0.1, 0.15) is 4.49 Å². The van der Waals surface area contributed by atoms with Crippen LogP contribution in [0, 0.1) is 0 Å². The Hall–Kier alpha value is 1.12. The van der Waals surface area contributed by atoms with Crippen molar-refractivity contribution in [1.82, 2.24) is 0 Å². The summed E-state index contributed by atoms with van der Waals surface area (Å²) in [6, 6.07) is 0. The van der Waals surface area contributed by atoms with Crippen LogP contribution in [0.2, 0.25) is 0 Å². The molecule has 0 bridgehead atoms. The average Bonchev–Trinajstić information content (AvgIpc) is 2.12. The predicted octanol–water partition coefficient (Wildman–Crippen LogP) is 5.25. The van der Waals surface area contributed by atoms with Gasteiger partial charge in [0, 0.05) is 5.33 Å². The molecule has 0 saturated carbocycles. The molecule has 2 unspecified atom stereocenters. The van der Waals surface area contributed by atoms with E-state index >= 15 is 0 Å². The van der Waals surface area contributed by atoms with Crippen molar-refractivity contribution in [1.29, 1.82) is 0 Å². The van der Waals surface area contributed by atoms with E-state index in [1.54, 1.807) is 0 Å². The van der Waals surface area contributed by atoms with Crippen LogP contribution in [0.5, 0.6) is 0 Å². The van der Waals surface area contributed by atoms with Crippen molar-refractivity contribution in [3.63, 3.8) is 0 Å². The molecule has 0 nitrogen and oxygen atoms in total. The SMILES string of the molecule is CCC(=CCBr)C(Cl)C(Cl)C=C(Cl)Cl. The first-order chi connectivity index (χ1) is 6.52. The Kier molecular flexibility index (Phi) is 8.96. The lowest BCUT2D eigenvalue weighted by atomic mass is 10.1. The monoisotopic (exact) mass is 338 g/mol. The minimum Gasteiger partial charge on any atom is -0.116 e. The van der Waals surface area contributed by atoms with Gasteiger partial charge in [0.15, 0.2) is 0 Å². The molecule has 0 amide bonds. The van der Waals surface area contributed by atoms with Crippen LogP contribution in [0.4, 0.5) is 0 Å². The Morgan fingerprint density at radius 1 is 1.36 bits per heavy atom. The summed E-state index contributed by atoms with van der Waals surface area (Å²) in [4.78, 5) is 0. The highest BCUT2D eigenvalue weighted by atomic mass is 79.9. The van der Waals surface area contributed by atoms with Gasteiger partial charge in [-0.05, 0) is 12.5 Å². The standard InChI is InChI=1S/C9H11BrCl4/c1-2-6(3-4-10)9(14)7(11)5-8(12)13/h3,5,7,9H,2,4H2,1H3. The highest BCUT2D eigenvalue weighted by Crippen LogP contribution is 2.24. The fourth-order valence-electron chi connectivity index (χ4n) is 0.960. The summed E-state index contributed by atoms with van der Waals surface area (Å²) < 4.78 is 0.143. The Balaban J connectivity index is 4.50. The van der Waals surface area contributed by atoms with Gasteiger partial charge in [0.05, 0.1) is 10.8 Å². The quantitative estimate of drug-likeness (QED) is 0.473. The molecule has 0 spiro atoms. The van der Waals surface area contributed by atoms with Crippen LogP contribution >= 0.6 is 62.3 Å². The maximum atomic E-state index is 6.14. The third-order valence-corrected chi connectivity index (χ3v) is 3.30. The molecule has 0 aromatic rings. The zero-order valence-corrected chi connectivity index (χ0v) is 12.2.